The number of aromatic nitrogens is 5. The Balaban J connectivity index is 1.28. The molecule has 3 unspecified atom stereocenters. The number of fused-ring (bicyclic) bond motifs is 4. The van der Waals surface area contributed by atoms with Crippen LogP contribution in [0.2, 0.25) is 5.02 Å². The van der Waals surface area contributed by atoms with Crippen LogP contribution < -0.4 is 10.3 Å². The van der Waals surface area contributed by atoms with Crippen molar-refractivity contribution in [3.05, 3.63) is 75.0 Å². The predicted molar refractivity (Wildman–Crippen MR) is 103 cm³/mol. The van der Waals surface area contributed by atoms with Crippen LogP contribution in [0.25, 0.3) is 11.0 Å². The van der Waals surface area contributed by atoms with E-state index in [1.54, 1.807) is 12.3 Å². The van der Waals surface area contributed by atoms with Gasteiger partial charge in [-0.05, 0) is 24.6 Å². The first-order chi connectivity index (χ1) is 14.1. The predicted octanol–water partition coefficient (Wildman–Crippen LogP) is 2.83. The third-order valence-corrected chi connectivity index (χ3v) is 5.88. The number of hydrogen-bond donors (Lipinski definition) is 0. The minimum atomic E-state index is -0.185. The van der Waals surface area contributed by atoms with E-state index in [4.69, 9.17) is 20.9 Å². The first-order valence-corrected chi connectivity index (χ1v) is 9.58. The van der Waals surface area contributed by atoms with Gasteiger partial charge in [0.15, 0.2) is 11.5 Å². The average molecular weight is 408 g/mol. The van der Waals surface area contributed by atoms with Gasteiger partial charge >= 0.3 is 0 Å². The summed E-state index contributed by atoms with van der Waals surface area (Å²) in [5, 5.41) is 5.23. The number of pyridine rings is 1. The van der Waals surface area contributed by atoms with Gasteiger partial charge in [-0.2, -0.15) is 4.98 Å². The van der Waals surface area contributed by atoms with Gasteiger partial charge in [0, 0.05) is 17.7 Å². The Hall–Kier alpha value is -3.26. The zero-order valence-corrected chi connectivity index (χ0v) is 16.0. The fourth-order valence-electron chi connectivity index (χ4n) is 4.11. The molecule has 8 nitrogen and oxygen atoms in total. The van der Waals surface area contributed by atoms with Crippen molar-refractivity contribution in [2.24, 2.45) is 0 Å². The molecular weight excluding hydrogens is 394 g/mol. The highest BCUT2D eigenvalue weighted by molar-refractivity contribution is 6.32. The van der Waals surface area contributed by atoms with Crippen LogP contribution in [0.15, 0.2) is 46.1 Å². The second-order valence-corrected chi connectivity index (χ2v) is 7.75. The monoisotopic (exact) mass is 407 g/mol. The molecular formula is C20H14ClN5O3. The molecule has 3 aromatic heterocycles. The minimum Gasteiger partial charge on any atom is -0.487 e. The van der Waals surface area contributed by atoms with Crippen LogP contribution in [0.5, 0.6) is 5.75 Å². The summed E-state index contributed by atoms with van der Waals surface area (Å²) in [6.45, 7) is 2.01. The number of hydrogen-bond acceptors (Lipinski definition) is 7. The smallest absolute Gasteiger partial charge is 0.263 e. The van der Waals surface area contributed by atoms with E-state index in [1.807, 2.05) is 25.1 Å². The molecule has 3 atom stereocenters. The lowest BCUT2D eigenvalue weighted by Crippen LogP contribution is -2.22. The van der Waals surface area contributed by atoms with Crippen molar-refractivity contribution in [1.29, 1.82) is 0 Å². The molecule has 4 aromatic rings. The zero-order chi connectivity index (χ0) is 19.7. The third kappa shape index (κ3) is 2.42. The molecule has 1 aliphatic carbocycles. The molecule has 0 radical (unpaired) electrons. The zero-order valence-electron chi connectivity index (χ0n) is 15.2. The van der Waals surface area contributed by atoms with Crippen molar-refractivity contribution >= 4 is 22.6 Å². The topological polar surface area (TPSA) is 95.9 Å². The van der Waals surface area contributed by atoms with Crippen LogP contribution >= 0.6 is 11.6 Å². The first-order valence-electron chi connectivity index (χ1n) is 9.20. The molecule has 1 fully saturated rings. The number of ether oxygens (including phenoxy) is 1. The van der Waals surface area contributed by atoms with Crippen LogP contribution in [0.3, 0.4) is 0 Å². The van der Waals surface area contributed by atoms with Gasteiger partial charge in [-0.15, -0.1) is 0 Å². The normalized spacial score (nSPS) is 21.7. The number of halogens is 1. The molecule has 2 aliphatic rings. The van der Waals surface area contributed by atoms with Gasteiger partial charge in [0.05, 0.1) is 16.3 Å². The SMILES string of the molecule is Cc1ccnc2ncn(Cc3nc(C4C5Oc6c(Cl)cccc6C54)no3)c(=O)c12. The molecule has 6 rings (SSSR count). The highest BCUT2D eigenvalue weighted by Gasteiger charge is 2.62. The van der Waals surface area contributed by atoms with Gasteiger partial charge in [-0.25, -0.2) is 9.97 Å². The highest BCUT2D eigenvalue weighted by Crippen LogP contribution is 2.63. The van der Waals surface area contributed by atoms with Crippen molar-refractivity contribution in [2.45, 2.75) is 31.4 Å². The molecule has 1 saturated carbocycles. The largest absolute Gasteiger partial charge is 0.487 e. The molecule has 0 saturated heterocycles. The minimum absolute atomic E-state index is 0.0193. The second kappa shape index (κ2) is 5.87. The van der Waals surface area contributed by atoms with E-state index in [9.17, 15) is 4.79 Å². The first kappa shape index (κ1) is 16.7. The lowest BCUT2D eigenvalue weighted by atomic mass is 10.1. The Bertz CT molecular complexity index is 1350. The van der Waals surface area contributed by atoms with E-state index in [0.29, 0.717) is 27.8 Å². The molecule has 144 valence electrons. The Morgan fingerprint density at radius 2 is 2.10 bits per heavy atom. The van der Waals surface area contributed by atoms with Crippen molar-refractivity contribution in [3.8, 4) is 5.75 Å². The van der Waals surface area contributed by atoms with Gasteiger partial charge in [0.25, 0.3) is 5.56 Å². The molecule has 0 bridgehead atoms. The molecule has 1 aromatic carbocycles. The number of benzene rings is 1. The summed E-state index contributed by atoms with van der Waals surface area (Å²) in [5.74, 6) is 1.91. The van der Waals surface area contributed by atoms with Gasteiger partial charge < -0.3 is 9.26 Å². The maximum absolute atomic E-state index is 12.8. The summed E-state index contributed by atoms with van der Waals surface area (Å²) in [5.41, 5.74) is 2.15. The number of aryl methyl sites for hydroxylation is 1. The Kier molecular flexibility index (Phi) is 3.37. The molecule has 29 heavy (non-hydrogen) atoms. The van der Waals surface area contributed by atoms with Crippen molar-refractivity contribution < 1.29 is 9.26 Å². The van der Waals surface area contributed by atoms with Gasteiger partial charge in [0.1, 0.15) is 24.7 Å². The van der Waals surface area contributed by atoms with Gasteiger partial charge in [-0.3, -0.25) is 9.36 Å². The summed E-state index contributed by atoms with van der Waals surface area (Å²) in [6, 6.07) is 7.54. The van der Waals surface area contributed by atoms with Crippen LogP contribution in [0.4, 0.5) is 0 Å². The lowest BCUT2D eigenvalue weighted by molar-refractivity contribution is 0.306. The van der Waals surface area contributed by atoms with E-state index >= 15 is 0 Å². The highest BCUT2D eigenvalue weighted by atomic mass is 35.5. The fourth-order valence-corrected chi connectivity index (χ4v) is 4.34. The van der Waals surface area contributed by atoms with E-state index < -0.39 is 0 Å². The van der Waals surface area contributed by atoms with Crippen LogP contribution in [-0.4, -0.2) is 30.8 Å². The summed E-state index contributed by atoms with van der Waals surface area (Å²) in [4.78, 5) is 25.7. The maximum Gasteiger partial charge on any atom is 0.263 e. The number of rotatable bonds is 3. The Labute approximate surface area is 169 Å². The molecule has 1 aliphatic heterocycles. The van der Waals surface area contributed by atoms with Gasteiger partial charge in [0.2, 0.25) is 5.89 Å². The quantitative estimate of drug-likeness (QED) is 0.515. The average Bonchev–Trinajstić information content (AvgIpc) is 3.04. The van der Waals surface area contributed by atoms with E-state index in [2.05, 4.69) is 20.1 Å². The van der Waals surface area contributed by atoms with Crippen molar-refractivity contribution in [3.63, 3.8) is 0 Å². The summed E-state index contributed by atoms with van der Waals surface area (Å²) in [7, 11) is 0. The standard InChI is InChI=1S/C20H14ClN5O3/c1-9-5-6-22-18-13(9)20(27)26(8-23-18)7-12-24-19(25-29-12)15-14-10-3-2-4-11(21)16(10)28-17(14)15/h2-6,8,14-15,17H,7H2,1H3. The molecule has 0 N–H and O–H groups in total. The summed E-state index contributed by atoms with van der Waals surface area (Å²) < 4.78 is 12.8. The molecule has 0 spiro atoms. The van der Waals surface area contributed by atoms with E-state index in [1.165, 1.54) is 10.9 Å². The van der Waals surface area contributed by atoms with Crippen LogP contribution in [0, 0.1) is 6.92 Å². The summed E-state index contributed by atoms with van der Waals surface area (Å²) in [6.07, 6.45) is 3.07. The van der Waals surface area contributed by atoms with Crippen LogP contribution in [-0.2, 0) is 6.54 Å². The lowest BCUT2D eigenvalue weighted by Gasteiger charge is -2.07. The van der Waals surface area contributed by atoms with Crippen LogP contribution in [0.1, 0.15) is 34.7 Å². The Morgan fingerprint density at radius 1 is 1.21 bits per heavy atom. The van der Waals surface area contributed by atoms with E-state index in [0.717, 1.165) is 16.9 Å². The summed E-state index contributed by atoms with van der Waals surface area (Å²) >= 11 is 6.19. The third-order valence-electron chi connectivity index (χ3n) is 5.59. The number of nitrogens with zero attached hydrogens (tertiary/aromatic N) is 5. The maximum atomic E-state index is 12.8. The molecule has 9 heteroatoms. The van der Waals surface area contributed by atoms with Crippen molar-refractivity contribution in [2.75, 3.05) is 0 Å². The Morgan fingerprint density at radius 3 is 3.00 bits per heavy atom. The molecule has 0 amide bonds. The number of para-hydroxylation sites is 1. The van der Waals surface area contributed by atoms with Gasteiger partial charge in [-0.1, -0.05) is 28.9 Å². The second-order valence-electron chi connectivity index (χ2n) is 7.34. The van der Waals surface area contributed by atoms with Crippen molar-refractivity contribution in [1.82, 2.24) is 24.7 Å². The molecule has 4 heterocycles. The fraction of sp³-hybridized carbons (Fsp3) is 0.250. The van der Waals surface area contributed by atoms with E-state index in [-0.39, 0.29) is 30.0 Å².